The average molecular weight is 184 g/mol. The maximum absolute atomic E-state index is 10.7. The standard InChI is InChI=1S/C10H20N2O/c1-5-12(4)9(6-8(2)3)7-10(11)13/h7-8H,5-6H2,1-4H3,(H2,11,13)/b9-7+. The molecule has 0 aliphatic carbocycles. The number of allylic oxidation sites excluding steroid dienone is 1. The molecule has 3 heteroatoms. The summed E-state index contributed by atoms with van der Waals surface area (Å²) in [5.74, 6) is 0.176. The molecule has 0 saturated carbocycles. The van der Waals surface area contributed by atoms with Crippen LogP contribution in [0.5, 0.6) is 0 Å². The molecule has 0 bridgehead atoms. The summed E-state index contributed by atoms with van der Waals surface area (Å²) in [5.41, 5.74) is 6.14. The quantitative estimate of drug-likeness (QED) is 0.656. The molecule has 2 N–H and O–H groups in total. The molecule has 13 heavy (non-hydrogen) atoms. The van der Waals surface area contributed by atoms with Crippen LogP contribution in [0.25, 0.3) is 0 Å². The van der Waals surface area contributed by atoms with Gasteiger partial charge in [-0.05, 0) is 19.3 Å². The summed E-state index contributed by atoms with van der Waals surface area (Å²) >= 11 is 0. The van der Waals surface area contributed by atoms with E-state index in [2.05, 4.69) is 20.8 Å². The normalized spacial score (nSPS) is 11.9. The molecule has 0 fully saturated rings. The zero-order valence-electron chi connectivity index (χ0n) is 9.00. The van der Waals surface area contributed by atoms with Crippen molar-refractivity contribution in [2.75, 3.05) is 13.6 Å². The van der Waals surface area contributed by atoms with Crippen LogP contribution in [0.2, 0.25) is 0 Å². The van der Waals surface area contributed by atoms with Gasteiger partial charge in [0.05, 0.1) is 0 Å². The number of hydrogen-bond donors (Lipinski definition) is 1. The molecule has 0 aromatic rings. The summed E-state index contributed by atoms with van der Waals surface area (Å²) in [7, 11) is 1.97. The van der Waals surface area contributed by atoms with Crippen LogP contribution in [-0.4, -0.2) is 24.4 Å². The molecule has 0 aromatic heterocycles. The first-order chi connectivity index (χ1) is 5.97. The van der Waals surface area contributed by atoms with E-state index in [9.17, 15) is 4.79 Å². The third-order valence-corrected chi connectivity index (χ3v) is 1.89. The molecule has 1 amide bonds. The molecule has 0 aromatic carbocycles. The van der Waals surface area contributed by atoms with E-state index in [1.165, 1.54) is 6.08 Å². The lowest BCUT2D eigenvalue weighted by atomic mass is 10.1. The second kappa shape index (κ2) is 5.62. The first-order valence-corrected chi connectivity index (χ1v) is 4.68. The number of nitrogens with zero attached hydrogens (tertiary/aromatic N) is 1. The number of carbonyl (C=O) groups is 1. The van der Waals surface area contributed by atoms with Crippen molar-refractivity contribution < 1.29 is 4.79 Å². The molecular weight excluding hydrogens is 164 g/mol. The summed E-state index contributed by atoms with van der Waals surface area (Å²) in [5, 5.41) is 0. The van der Waals surface area contributed by atoms with Crippen molar-refractivity contribution in [3.05, 3.63) is 11.8 Å². The van der Waals surface area contributed by atoms with Crippen molar-refractivity contribution in [1.82, 2.24) is 4.90 Å². The minimum absolute atomic E-state index is 0.365. The molecule has 0 heterocycles. The molecule has 0 radical (unpaired) electrons. The Balaban J connectivity index is 4.45. The summed E-state index contributed by atoms with van der Waals surface area (Å²) < 4.78 is 0. The van der Waals surface area contributed by atoms with E-state index in [4.69, 9.17) is 5.73 Å². The average Bonchev–Trinajstić information content (AvgIpc) is 2.00. The minimum Gasteiger partial charge on any atom is -0.378 e. The third-order valence-electron chi connectivity index (χ3n) is 1.89. The fourth-order valence-corrected chi connectivity index (χ4v) is 1.11. The van der Waals surface area contributed by atoms with Gasteiger partial charge in [-0.3, -0.25) is 4.79 Å². The van der Waals surface area contributed by atoms with E-state index < -0.39 is 0 Å². The Bertz CT molecular complexity index is 197. The zero-order valence-corrected chi connectivity index (χ0v) is 9.00. The Kier molecular flexibility index (Phi) is 5.19. The molecule has 0 aliphatic heterocycles. The highest BCUT2D eigenvalue weighted by molar-refractivity contribution is 5.86. The van der Waals surface area contributed by atoms with Crippen LogP contribution < -0.4 is 5.73 Å². The summed E-state index contributed by atoms with van der Waals surface area (Å²) in [6, 6.07) is 0. The van der Waals surface area contributed by atoms with E-state index in [0.29, 0.717) is 5.92 Å². The molecule has 0 spiro atoms. The lowest BCUT2D eigenvalue weighted by Crippen LogP contribution is -2.21. The van der Waals surface area contributed by atoms with Crippen molar-refractivity contribution in [1.29, 1.82) is 0 Å². The first kappa shape index (κ1) is 12.0. The zero-order chi connectivity index (χ0) is 10.4. The van der Waals surface area contributed by atoms with Gasteiger partial charge in [-0.15, -0.1) is 0 Å². The molecular formula is C10H20N2O. The van der Waals surface area contributed by atoms with Crippen LogP contribution in [0.3, 0.4) is 0 Å². The van der Waals surface area contributed by atoms with E-state index in [1.54, 1.807) is 0 Å². The van der Waals surface area contributed by atoms with Crippen molar-refractivity contribution >= 4 is 5.91 Å². The van der Waals surface area contributed by atoms with Gasteiger partial charge in [-0.2, -0.15) is 0 Å². The first-order valence-electron chi connectivity index (χ1n) is 4.68. The second-order valence-corrected chi connectivity index (χ2v) is 3.65. The highest BCUT2D eigenvalue weighted by atomic mass is 16.1. The maximum atomic E-state index is 10.7. The van der Waals surface area contributed by atoms with Crippen LogP contribution in [0.1, 0.15) is 27.2 Å². The van der Waals surface area contributed by atoms with Crippen molar-refractivity contribution in [3.8, 4) is 0 Å². The number of nitrogens with two attached hydrogens (primary N) is 1. The maximum Gasteiger partial charge on any atom is 0.243 e. The lowest BCUT2D eigenvalue weighted by Gasteiger charge is -2.21. The van der Waals surface area contributed by atoms with E-state index in [-0.39, 0.29) is 5.91 Å². The smallest absolute Gasteiger partial charge is 0.243 e. The summed E-state index contributed by atoms with van der Waals surface area (Å²) in [6.45, 7) is 7.19. The van der Waals surface area contributed by atoms with E-state index in [1.807, 2.05) is 11.9 Å². The van der Waals surface area contributed by atoms with Gasteiger partial charge in [0.2, 0.25) is 5.91 Å². The van der Waals surface area contributed by atoms with Gasteiger partial charge in [0.15, 0.2) is 0 Å². The third kappa shape index (κ3) is 5.28. The number of amides is 1. The topological polar surface area (TPSA) is 46.3 Å². The predicted octanol–water partition coefficient (Wildman–Crippen LogP) is 1.35. The molecule has 0 rings (SSSR count). The Morgan fingerprint density at radius 1 is 1.54 bits per heavy atom. The van der Waals surface area contributed by atoms with Crippen LogP contribution >= 0.6 is 0 Å². The van der Waals surface area contributed by atoms with Gasteiger partial charge in [0.1, 0.15) is 0 Å². The Morgan fingerprint density at radius 2 is 2.08 bits per heavy atom. The van der Waals surface area contributed by atoms with Gasteiger partial charge < -0.3 is 10.6 Å². The number of hydrogen-bond acceptors (Lipinski definition) is 2. The molecule has 0 unspecified atom stereocenters. The number of carbonyl (C=O) groups excluding carboxylic acids is 1. The minimum atomic E-state index is -0.365. The summed E-state index contributed by atoms with van der Waals surface area (Å²) in [6.07, 6.45) is 2.41. The molecule has 0 atom stereocenters. The fourth-order valence-electron chi connectivity index (χ4n) is 1.11. The van der Waals surface area contributed by atoms with E-state index >= 15 is 0 Å². The number of rotatable bonds is 5. The molecule has 0 saturated heterocycles. The highest BCUT2D eigenvalue weighted by Gasteiger charge is 2.06. The molecule has 76 valence electrons. The van der Waals surface area contributed by atoms with Crippen LogP contribution in [0.4, 0.5) is 0 Å². The number of primary amides is 1. The van der Waals surface area contributed by atoms with Gasteiger partial charge in [-0.25, -0.2) is 0 Å². The summed E-state index contributed by atoms with van der Waals surface area (Å²) in [4.78, 5) is 12.8. The van der Waals surface area contributed by atoms with Crippen molar-refractivity contribution in [3.63, 3.8) is 0 Å². The Hall–Kier alpha value is -0.990. The van der Waals surface area contributed by atoms with Gasteiger partial charge in [-0.1, -0.05) is 13.8 Å². The van der Waals surface area contributed by atoms with Gasteiger partial charge in [0.25, 0.3) is 0 Å². The Labute approximate surface area is 80.6 Å². The predicted molar refractivity (Wildman–Crippen MR) is 55.0 cm³/mol. The Morgan fingerprint density at radius 3 is 2.38 bits per heavy atom. The SMILES string of the molecule is CCN(C)/C(=C/C(N)=O)CC(C)C. The van der Waals surface area contributed by atoms with Gasteiger partial charge >= 0.3 is 0 Å². The van der Waals surface area contributed by atoms with Crippen molar-refractivity contribution in [2.45, 2.75) is 27.2 Å². The largest absolute Gasteiger partial charge is 0.378 e. The van der Waals surface area contributed by atoms with Crippen LogP contribution in [0, 0.1) is 5.92 Å². The van der Waals surface area contributed by atoms with E-state index in [0.717, 1.165) is 18.7 Å². The van der Waals surface area contributed by atoms with Crippen molar-refractivity contribution in [2.24, 2.45) is 11.7 Å². The van der Waals surface area contributed by atoms with Crippen LogP contribution in [-0.2, 0) is 4.79 Å². The molecule has 3 nitrogen and oxygen atoms in total. The van der Waals surface area contributed by atoms with Crippen LogP contribution in [0.15, 0.2) is 11.8 Å². The van der Waals surface area contributed by atoms with Gasteiger partial charge in [0, 0.05) is 25.4 Å². The monoisotopic (exact) mass is 184 g/mol. The highest BCUT2D eigenvalue weighted by Crippen LogP contribution is 2.13. The fraction of sp³-hybridized carbons (Fsp3) is 0.700. The molecule has 0 aliphatic rings. The second-order valence-electron chi connectivity index (χ2n) is 3.65. The lowest BCUT2D eigenvalue weighted by molar-refractivity contribution is -0.113.